The van der Waals surface area contributed by atoms with Crippen molar-refractivity contribution in [2.24, 2.45) is 0 Å². The lowest BCUT2D eigenvalue weighted by molar-refractivity contribution is -0.0123. The molecule has 10 heteroatoms. The van der Waals surface area contributed by atoms with E-state index in [1.807, 2.05) is 33.0 Å². The highest BCUT2D eigenvalue weighted by atomic mass is 35.5. The zero-order valence-corrected chi connectivity index (χ0v) is 31.2. The maximum Gasteiger partial charge on any atom is 0.225 e. The summed E-state index contributed by atoms with van der Waals surface area (Å²) >= 11 is 7.05. The maximum atomic E-state index is 13.7. The number of rotatable bonds is 7. The number of aryl methyl sites for hydroxylation is 1. The van der Waals surface area contributed by atoms with E-state index in [1.54, 1.807) is 0 Å². The van der Waals surface area contributed by atoms with Gasteiger partial charge < -0.3 is 20.1 Å². The van der Waals surface area contributed by atoms with Gasteiger partial charge in [0.2, 0.25) is 5.95 Å². The molecule has 1 aromatic carbocycles. The third kappa shape index (κ3) is 5.70. The van der Waals surface area contributed by atoms with Crippen molar-refractivity contribution < 1.29 is 14.2 Å². The molecule has 8 nitrogen and oxygen atoms in total. The van der Waals surface area contributed by atoms with Crippen LogP contribution in [0, 0.1) is 6.92 Å². The van der Waals surface area contributed by atoms with Crippen molar-refractivity contribution in [3.8, 4) is 22.4 Å². The zero-order valence-electron chi connectivity index (χ0n) is 30.4. The predicted molar refractivity (Wildman–Crippen MR) is 203 cm³/mol. The van der Waals surface area contributed by atoms with Crippen molar-refractivity contribution in [1.29, 1.82) is 0 Å². The Bertz CT molecular complexity index is 1920. The molecule has 270 valence electrons. The second-order valence-corrected chi connectivity index (χ2v) is 16.0. The minimum absolute atomic E-state index is 0.136. The van der Waals surface area contributed by atoms with Crippen LogP contribution in [0.15, 0.2) is 36.8 Å². The smallest absolute Gasteiger partial charge is 0.225 e. The van der Waals surface area contributed by atoms with E-state index in [1.165, 1.54) is 11.1 Å². The van der Waals surface area contributed by atoms with E-state index < -0.39 is 5.60 Å². The first-order valence-corrected chi connectivity index (χ1v) is 19.3. The lowest BCUT2D eigenvalue weighted by atomic mass is 9.85. The van der Waals surface area contributed by atoms with Crippen LogP contribution >= 0.6 is 11.6 Å². The number of hydrogen-bond acceptors (Lipinski definition) is 8. The van der Waals surface area contributed by atoms with Crippen molar-refractivity contribution in [2.45, 2.75) is 95.1 Å². The highest BCUT2D eigenvalue weighted by molar-refractivity contribution is 6.32. The number of aromatic nitrogens is 3. The third-order valence-electron chi connectivity index (χ3n) is 12.0. The molecular weight excluding hydrogens is 663 g/mol. The fourth-order valence-electron chi connectivity index (χ4n) is 9.45. The third-order valence-corrected chi connectivity index (χ3v) is 12.3. The largest absolute Gasteiger partial charge is 0.386 e. The molecule has 3 saturated heterocycles. The number of aliphatic hydroxyl groups is 1. The molecule has 3 aliphatic heterocycles. The molecule has 51 heavy (non-hydrogen) atoms. The Morgan fingerprint density at radius 2 is 1.98 bits per heavy atom. The van der Waals surface area contributed by atoms with Crippen LogP contribution < -0.4 is 10.2 Å². The lowest BCUT2D eigenvalue weighted by Crippen LogP contribution is -2.44. The average molecular weight is 713 g/mol. The molecule has 2 saturated carbocycles. The number of nitrogens with zero attached hydrogens (tertiary/aromatic N) is 5. The first-order valence-electron chi connectivity index (χ1n) is 18.9. The first-order chi connectivity index (χ1) is 24.7. The van der Waals surface area contributed by atoms with Crippen molar-refractivity contribution in [3.05, 3.63) is 69.8 Å². The highest BCUT2D eigenvalue weighted by Crippen LogP contribution is 2.66. The SMILES string of the molecule is C=Cc1c(C)cc(Cl)c(C2CC2)c1-c1nccc2c1C1(CC1)c1nc(NC[C@@]34CCCN3C/C(=C\F)C4)nc(N3CCOC[C@@](C)(O)C3)c1-2.CC. The highest BCUT2D eigenvalue weighted by Gasteiger charge is 2.57. The molecule has 3 aliphatic carbocycles. The molecule has 5 heterocycles. The molecule has 2 aromatic heterocycles. The van der Waals surface area contributed by atoms with Gasteiger partial charge in [-0.3, -0.25) is 9.88 Å². The normalized spacial score (nSPS) is 26.7. The quantitative estimate of drug-likeness (QED) is 0.254. The van der Waals surface area contributed by atoms with Gasteiger partial charge in [-0.15, -0.1) is 0 Å². The lowest BCUT2D eigenvalue weighted by Gasteiger charge is -2.32. The Balaban J connectivity index is 0.00000184. The van der Waals surface area contributed by atoms with E-state index in [4.69, 9.17) is 31.3 Å². The molecule has 0 bridgehead atoms. The molecule has 2 atom stereocenters. The molecule has 3 aromatic rings. The molecule has 5 fully saturated rings. The van der Waals surface area contributed by atoms with E-state index in [0.29, 0.717) is 44.7 Å². The Labute approximate surface area is 306 Å². The van der Waals surface area contributed by atoms with E-state index in [-0.39, 0.29) is 17.6 Å². The van der Waals surface area contributed by atoms with Gasteiger partial charge >= 0.3 is 0 Å². The minimum Gasteiger partial charge on any atom is -0.386 e. The molecule has 1 spiro atoms. The Morgan fingerprint density at radius 3 is 2.71 bits per heavy atom. The van der Waals surface area contributed by atoms with Crippen molar-refractivity contribution in [2.75, 3.05) is 56.2 Å². The van der Waals surface area contributed by atoms with Crippen molar-refractivity contribution in [3.63, 3.8) is 0 Å². The van der Waals surface area contributed by atoms with Gasteiger partial charge in [-0.25, -0.2) is 9.37 Å². The second kappa shape index (κ2) is 12.9. The van der Waals surface area contributed by atoms with Gasteiger partial charge in [-0.2, -0.15) is 4.98 Å². The number of hydrogen-bond donors (Lipinski definition) is 2. The monoisotopic (exact) mass is 712 g/mol. The van der Waals surface area contributed by atoms with Gasteiger partial charge in [-0.1, -0.05) is 38.1 Å². The molecule has 6 aliphatic rings. The number of anilines is 2. The van der Waals surface area contributed by atoms with Gasteiger partial charge in [0.25, 0.3) is 0 Å². The average Bonchev–Trinajstić information content (AvgIpc) is 4.03. The molecule has 0 amide bonds. The van der Waals surface area contributed by atoms with Gasteiger partial charge in [-0.05, 0) is 117 Å². The summed E-state index contributed by atoms with van der Waals surface area (Å²) in [6, 6.07) is 4.20. The summed E-state index contributed by atoms with van der Waals surface area (Å²) in [4.78, 5) is 20.4. The number of nitrogens with one attached hydrogen (secondary N) is 1. The topological polar surface area (TPSA) is 86.6 Å². The predicted octanol–water partition coefficient (Wildman–Crippen LogP) is 8.20. The number of pyridine rings is 1. The molecule has 2 N–H and O–H groups in total. The minimum atomic E-state index is -1.04. The Morgan fingerprint density at radius 1 is 1.18 bits per heavy atom. The van der Waals surface area contributed by atoms with Crippen LogP contribution in [0.2, 0.25) is 5.02 Å². The summed E-state index contributed by atoms with van der Waals surface area (Å²) in [5.41, 5.74) is 9.19. The van der Waals surface area contributed by atoms with Crippen molar-refractivity contribution in [1.82, 2.24) is 19.9 Å². The zero-order chi connectivity index (χ0) is 35.7. The van der Waals surface area contributed by atoms with Crippen LogP contribution in [0.1, 0.15) is 99.6 Å². The summed E-state index contributed by atoms with van der Waals surface area (Å²) in [5.74, 6) is 1.81. The fourth-order valence-corrected chi connectivity index (χ4v) is 9.86. The summed E-state index contributed by atoms with van der Waals surface area (Å²) < 4.78 is 19.6. The Hall–Kier alpha value is -3.37. The molecular formula is C41H50ClFN6O2. The van der Waals surface area contributed by atoms with E-state index in [9.17, 15) is 9.50 Å². The van der Waals surface area contributed by atoms with Crippen LogP contribution in [0.5, 0.6) is 0 Å². The summed E-state index contributed by atoms with van der Waals surface area (Å²) in [6.45, 7) is 16.2. The standard InChI is InChI=1S/C39H44ClFN6O2.C2H6/c1-4-26-23(2)16-28(40)29(25-6-7-25)30(26)33-32-27(8-12-42-33)31-34(39(32)10-11-39)44-36(45-35(31)46-14-15-49-22-37(3,48)21-46)43-20-38-9-5-13-47(38)19-24(17-38)18-41;1-2/h4,8,12,16,18,25,48H,1,5-7,9-11,13-15,17,19-22H2,2-3H3,(H,43,44,45);1-2H3/b24-18-;/t37-,38-;/m0./s1. The van der Waals surface area contributed by atoms with Crippen LogP contribution in [-0.4, -0.2) is 82.0 Å². The van der Waals surface area contributed by atoms with Crippen LogP contribution in [-0.2, 0) is 10.2 Å². The molecule has 9 rings (SSSR count). The van der Waals surface area contributed by atoms with E-state index in [2.05, 4.69) is 40.8 Å². The molecule has 0 radical (unpaired) electrons. The number of halogens is 2. The number of fused-ring (bicyclic) bond motifs is 6. The van der Waals surface area contributed by atoms with E-state index >= 15 is 0 Å². The van der Waals surface area contributed by atoms with Crippen LogP contribution in [0.25, 0.3) is 28.5 Å². The number of ether oxygens (including phenoxy) is 1. The van der Waals surface area contributed by atoms with Crippen LogP contribution in [0.4, 0.5) is 16.2 Å². The fraction of sp³-hybridized carbons (Fsp3) is 0.537. The van der Waals surface area contributed by atoms with Gasteiger partial charge in [0.05, 0.1) is 37.5 Å². The van der Waals surface area contributed by atoms with Gasteiger partial charge in [0.1, 0.15) is 11.4 Å². The van der Waals surface area contributed by atoms with E-state index in [0.717, 1.165) is 113 Å². The van der Waals surface area contributed by atoms with Crippen molar-refractivity contribution >= 4 is 29.4 Å². The maximum absolute atomic E-state index is 13.7. The van der Waals surface area contributed by atoms with Gasteiger partial charge in [0.15, 0.2) is 0 Å². The Kier molecular flexibility index (Phi) is 8.80. The van der Waals surface area contributed by atoms with Crippen LogP contribution in [0.3, 0.4) is 0 Å². The number of β-amino-alcohol motifs (C(OH)–C–C–N with tert-alkyl or cyclic N) is 1. The summed E-state index contributed by atoms with van der Waals surface area (Å²) in [5, 5.41) is 15.8. The first kappa shape index (κ1) is 34.7. The summed E-state index contributed by atoms with van der Waals surface area (Å²) in [7, 11) is 0. The van der Waals surface area contributed by atoms with Gasteiger partial charge in [0, 0.05) is 52.9 Å². The second-order valence-electron chi connectivity index (χ2n) is 15.6. The number of benzene rings is 1. The summed E-state index contributed by atoms with van der Waals surface area (Å²) in [6.07, 6.45) is 11.7. The molecule has 0 unspecified atom stereocenters.